The minimum atomic E-state index is -0.381. The number of anilines is 3. The number of hydrogen-bond acceptors (Lipinski definition) is 7. The number of thiophene rings is 1. The average molecular weight is 487 g/mol. The minimum Gasteiger partial charge on any atom is -0.439 e. The summed E-state index contributed by atoms with van der Waals surface area (Å²) in [5, 5.41) is 6.66. The number of ether oxygens (including phenoxy) is 1. The molecule has 176 valence electrons. The van der Waals surface area contributed by atoms with Gasteiger partial charge in [0.2, 0.25) is 5.88 Å². The lowest BCUT2D eigenvalue weighted by Gasteiger charge is -2.28. The molecular formula is C25H22N6O3S. The third kappa shape index (κ3) is 3.86. The molecule has 0 spiro atoms. The summed E-state index contributed by atoms with van der Waals surface area (Å²) in [5.41, 5.74) is 7.82. The van der Waals surface area contributed by atoms with Crippen LogP contribution in [0.5, 0.6) is 11.6 Å². The lowest BCUT2D eigenvalue weighted by molar-refractivity contribution is 0.0939. The summed E-state index contributed by atoms with van der Waals surface area (Å²) in [6, 6.07) is 14.1. The zero-order chi connectivity index (χ0) is 23.9. The first kappa shape index (κ1) is 21.5. The van der Waals surface area contributed by atoms with Crippen LogP contribution < -0.4 is 26.0 Å². The van der Waals surface area contributed by atoms with E-state index in [-0.39, 0.29) is 24.0 Å². The van der Waals surface area contributed by atoms with E-state index in [0.717, 1.165) is 24.6 Å². The Morgan fingerprint density at radius 2 is 2.00 bits per heavy atom. The largest absolute Gasteiger partial charge is 0.439 e. The van der Waals surface area contributed by atoms with Crippen molar-refractivity contribution in [3.63, 3.8) is 0 Å². The Balaban J connectivity index is 1.32. The topological polar surface area (TPSA) is 122 Å². The molecule has 9 nitrogen and oxygen atoms in total. The maximum atomic E-state index is 13.2. The minimum absolute atomic E-state index is 0.0511. The third-order valence-corrected chi connectivity index (χ3v) is 7.38. The van der Waals surface area contributed by atoms with Crippen LogP contribution in [0.2, 0.25) is 0 Å². The molecule has 1 aliphatic carbocycles. The molecule has 6 rings (SSSR count). The highest BCUT2D eigenvalue weighted by Gasteiger charge is 2.34. The summed E-state index contributed by atoms with van der Waals surface area (Å²) in [4.78, 5) is 37.8. The molecule has 1 saturated carbocycles. The molecule has 1 aromatic carbocycles. The number of para-hydroxylation sites is 1. The molecule has 0 unspecified atom stereocenters. The number of rotatable bonds is 5. The van der Waals surface area contributed by atoms with E-state index in [0.29, 0.717) is 38.4 Å². The Kier molecular flexibility index (Phi) is 5.31. The van der Waals surface area contributed by atoms with Gasteiger partial charge in [-0.1, -0.05) is 18.2 Å². The van der Waals surface area contributed by atoms with Crippen molar-refractivity contribution in [2.24, 2.45) is 5.73 Å². The molecule has 3 amide bonds. The third-order valence-electron chi connectivity index (χ3n) is 6.28. The first-order valence-corrected chi connectivity index (χ1v) is 12.2. The summed E-state index contributed by atoms with van der Waals surface area (Å²) in [6.45, 7) is 0. The van der Waals surface area contributed by atoms with Gasteiger partial charge in [0.25, 0.3) is 5.91 Å². The number of hydrogen-bond donors (Lipinski definition) is 3. The van der Waals surface area contributed by atoms with E-state index in [1.54, 1.807) is 30.6 Å². The second-order valence-corrected chi connectivity index (χ2v) is 9.53. The molecule has 0 saturated heterocycles. The van der Waals surface area contributed by atoms with Crippen LogP contribution in [0.1, 0.15) is 28.9 Å². The first-order chi connectivity index (χ1) is 17.1. The van der Waals surface area contributed by atoms with Gasteiger partial charge >= 0.3 is 6.03 Å². The highest BCUT2D eigenvalue weighted by molar-refractivity contribution is 7.21. The molecule has 3 aromatic heterocycles. The maximum absolute atomic E-state index is 13.2. The van der Waals surface area contributed by atoms with E-state index >= 15 is 0 Å². The highest BCUT2D eigenvalue weighted by Crippen LogP contribution is 2.45. The number of carbonyl (C=O) groups is 2. The molecule has 0 bridgehead atoms. The van der Waals surface area contributed by atoms with Gasteiger partial charge in [-0.2, -0.15) is 0 Å². The van der Waals surface area contributed by atoms with Crippen molar-refractivity contribution < 1.29 is 14.3 Å². The predicted octanol–water partition coefficient (Wildman–Crippen LogP) is 4.78. The molecule has 10 heteroatoms. The van der Waals surface area contributed by atoms with Gasteiger partial charge in [0.1, 0.15) is 15.5 Å². The Labute approximate surface area is 204 Å². The van der Waals surface area contributed by atoms with Crippen molar-refractivity contribution in [3.8, 4) is 11.6 Å². The van der Waals surface area contributed by atoms with Crippen LogP contribution in [0, 0.1) is 0 Å². The Morgan fingerprint density at radius 1 is 1.14 bits per heavy atom. The predicted molar refractivity (Wildman–Crippen MR) is 135 cm³/mol. The van der Waals surface area contributed by atoms with Gasteiger partial charge in [-0.25, -0.2) is 14.8 Å². The van der Waals surface area contributed by atoms with Gasteiger partial charge in [-0.15, -0.1) is 11.3 Å². The van der Waals surface area contributed by atoms with Crippen LogP contribution in [-0.2, 0) is 0 Å². The molecule has 1 aliphatic heterocycles. The van der Waals surface area contributed by atoms with Crippen molar-refractivity contribution >= 4 is 50.6 Å². The van der Waals surface area contributed by atoms with Crippen LogP contribution in [0.4, 0.5) is 21.9 Å². The van der Waals surface area contributed by atoms with Crippen LogP contribution >= 0.6 is 11.3 Å². The molecule has 1 fully saturated rings. The second kappa shape index (κ2) is 8.64. The quantitative estimate of drug-likeness (QED) is 0.373. The van der Waals surface area contributed by atoms with Gasteiger partial charge in [-0.3, -0.25) is 9.69 Å². The van der Waals surface area contributed by atoms with E-state index in [1.807, 2.05) is 30.3 Å². The first-order valence-electron chi connectivity index (χ1n) is 11.4. The molecule has 2 aliphatic rings. The van der Waals surface area contributed by atoms with Gasteiger partial charge in [-0.05, 0) is 43.5 Å². The number of nitrogens with two attached hydrogens (primary N) is 1. The Hall–Kier alpha value is -4.02. The zero-order valence-electron chi connectivity index (χ0n) is 18.6. The summed E-state index contributed by atoms with van der Waals surface area (Å²) in [7, 11) is 0. The number of pyridine rings is 2. The molecule has 2 atom stereocenters. The number of urea groups is 1. The summed E-state index contributed by atoms with van der Waals surface area (Å²) >= 11 is 1.26. The molecule has 0 radical (unpaired) electrons. The maximum Gasteiger partial charge on any atom is 0.331 e. The molecule has 4 N–H and O–H groups in total. The van der Waals surface area contributed by atoms with E-state index in [1.165, 1.54) is 16.2 Å². The molecular weight excluding hydrogens is 464 g/mol. The lowest BCUT2D eigenvalue weighted by Crippen LogP contribution is -2.44. The van der Waals surface area contributed by atoms with Gasteiger partial charge in [0.15, 0.2) is 0 Å². The standard InChI is InChI=1S/C25H22N6O3S/c26-16-7-4-8-17(16)29-23(32)22-21-20-18(11-12-27-24(20)35-22)31(25(33)30-21)14-9-10-19(28-13-14)34-15-5-2-1-3-6-15/h1-3,5-6,9-13,16-17H,4,7-8,26H2,(H,29,32)(H,30,33)/t16-,17-/m1/s1. The molecule has 35 heavy (non-hydrogen) atoms. The number of amides is 3. The fraction of sp³-hybridized carbons (Fsp3) is 0.200. The van der Waals surface area contributed by atoms with Gasteiger partial charge < -0.3 is 21.1 Å². The fourth-order valence-corrected chi connectivity index (χ4v) is 5.60. The molecule has 4 aromatic rings. The number of carbonyl (C=O) groups excluding carboxylic acids is 2. The van der Waals surface area contributed by atoms with Crippen molar-refractivity contribution in [2.75, 3.05) is 10.2 Å². The molecule has 4 heterocycles. The Bertz CT molecular complexity index is 1420. The van der Waals surface area contributed by atoms with Crippen LogP contribution in [0.25, 0.3) is 10.2 Å². The summed E-state index contributed by atoms with van der Waals surface area (Å²) in [5.74, 6) is 0.846. The smallest absolute Gasteiger partial charge is 0.331 e. The van der Waals surface area contributed by atoms with Gasteiger partial charge in [0, 0.05) is 24.3 Å². The van der Waals surface area contributed by atoms with Crippen molar-refractivity contribution in [3.05, 3.63) is 65.8 Å². The fourth-order valence-electron chi connectivity index (χ4n) is 4.58. The van der Waals surface area contributed by atoms with Crippen LogP contribution in [0.15, 0.2) is 60.9 Å². The van der Waals surface area contributed by atoms with E-state index in [9.17, 15) is 9.59 Å². The Morgan fingerprint density at radius 3 is 2.74 bits per heavy atom. The van der Waals surface area contributed by atoms with Crippen molar-refractivity contribution in [1.29, 1.82) is 0 Å². The summed E-state index contributed by atoms with van der Waals surface area (Å²) < 4.78 is 5.76. The van der Waals surface area contributed by atoms with Crippen LogP contribution in [0.3, 0.4) is 0 Å². The SMILES string of the molecule is N[C@@H]1CCC[C@H]1NC(=O)c1sc2nccc3c2c1NC(=O)N3c1ccc(Oc2ccccc2)nc1. The number of aromatic nitrogens is 2. The number of nitrogens with one attached hydrogen (secondary N) is 2. The van der Waals surface area contributed by atoms with Crippen molar-refractivity contribution in [1.82, 2.24) is 15.3 Å². The highest BCUT2D eigenvalue weighted by atomic mass is 32.1. The normalized spacial score (nSPS) is 19.0. The van der Waals surface area contributed by atoms with E-state index in [4.69, 9.17) is 10.5 Å². The average Bonchev–Trinajstić information content (AvgIpc) is 3.44. The van der Waals surface area contributed by atoms with Gasteiger partial charge in [0.05, 0.1) is 28.6 Å². The number of benzene rings is 1. The zero-order valence-corrected chi connectivity index (χ0v) is 19.4. The van der Waals surface area contributed by atoms with Crippen molar-refractivity contribution in [2.45, 2.75) is 31.3 Å². The monoisotopic (exact) mass is 486 g/mol. The lowest BCUT2D eigenvalue weighted by atomic mass is 10.1. The number of nitrogens with zero attached hydrogens (tertiary/aromatic N) is 3. The van der Waals surface area contributed by atoms with E-state index < -0.39 is 0 Å². The van der Waals surface area contributed by atoms with E-state index in [2.05, 4.69) is 20.6 Å². The summed E-state index contributed by atoms with van der Waals surface area (Å²) in [6.07, 6.45) is 5.96. The van der Waals surface area contributed by atoms with Crippen LogP contribution in [-0.4, -0.2) is 34.0 Å². The second-order valence-electron chi connectivity index (χ2n) is 8.53.